The van der Waals surface area contributed by atoms with E-state index in [1.54, 1.807) is 0 Å². The van der Waals surface area contributed by atoms with Gasteiger partial charge in [0, 0.05) is 44.5 Å². The lowest BCUT2D eigenvalue weighted by Crippen LogP contribution is -2.65. The van der Waals surface area contributed by atoms with Crippen LogP contribution in [0.25, 0.3) is 39.0 Å². The van der Waals surface area contributed by atoms with Crippen LogP contribution in [0.15, 0.2) is 170 Å². The SMILES string of the molecule is CC1(C)c2ccccc2-c2c1c1ccccc1n2-c1cc2c3c(c1)N1c4c(cccc4C4(C)CCCCC14C)B3c1cccc3c1N2c1ccccc1C31c2ccccc2-c2ccccc21. The summed E-state index contributed by atoms with van der Waals surface area (Å²) in [4.78, 5) is 5.62. The van der Waals surface area contributed by atoms with Crippen molar-refractivity contribution in [2.75, 3.05) is 9.80 Å². The third kappa shape index (κ3) is 3.76. The molecule has 5 heterocycles. The number of aromatic nitrogens is 1. The maximum Gasteiger partial charge on any atom is 0.252 e. The topological polar surface area (TPSA) is 11.4 Å². The Bertz CT molecular complexity index is 3680. The average Bonchev–Trinajstić information content (AvgIpc) is 4.00. The Morgan fingerprint density at radius 2 is 1.08 bits per heavy atom. The van der Waals surface area contributed by atoms with Gasteiger partial charge in [-0.3, -0.25) is 0 Å². The molecule has 9 aromatic rings. The van der Waals surface area contributed by atoms with Gasteiger partial charge in [-0.15, -0.1) is 0 Å². The third-order valence-corrected chi connectivity index (χ3v) is 18.5. The normalized spacial score (nSPS) is 21.7. The minimum absolute atomic E-state index is 0.0174. The minimum atomic E-state index is -0.481. The van der Waals surface area contributed by atoms with Gasteiger partial charge in [-0.2, -0.15) is 0 Å². The maximum atomic E-state index is 2.90. The number of para-hydroxylation sites is 4. The fourth-order valence-electron chi connectivity index (χ4n) is 15.7. The molecule has 4 aliphatic heterocycles. The van der Waals surface area contributed by atoms with Crippen molar-refractivity contribution in [2.45, 2.75) is 75.2 Å². The van der Waals surface area contributed by atoms with Crippen LogP contribution in [0, 0.1) is 0 Å². The molecule has 1 fully saturated rings. The first kappa shape index (κ1) is 36.2. The molecule has 2 unspecified atom stereocenters. The van der Waals surface area contributed by atoms with Crippen molar-refractivity contribution in [3.63, 3.8) is 0 Å². The van der Waals surface area contributed by atoms with Gasteiger partial charge in [-0.25, -0.2) is 0 Å². The molecule has 3 nitrogen and oxygen atoms in total. The van der Waals surface area contributed by atoms with Gasteiger partial charge in [0.15, 0.2) is 0 Å². The minimum Gasteiger partial charge on any atom is -0.335 e. The summed E-state index contributed by atoms with van der Waals surface area (Å²) in [7, 11) is 0. The summed E-state index contributed by atoms with van der Waals surface area (Å²) in [6, 6.07) is 66.3. The zero-order valence-corrected chi connectivity index (χ0v) is 37.9. The Hall–Kier alpha value is -7.04. The number of fused-ring (bicyclic) bond motifs is 21. The molecular weight excluding hydrogens is 798 g/mol. The number of nitrogens with zero attached hydrogens (tertiary/aromatic N) is 3. The standard InChI is InChI=1S/C62H48BN3/c1-59(2)42-23-9-7-21-40(42)56-54(59)41-22-8-13-31-50(41)64(56)37-35-52-55-53(36-37)66-58-46(60(3)33-15-16-34-61(60,66)4)27-17-30-49(58)63(55)48-29-18-28-47-57(48)65(52)51-32-14-12-26-45(51)62(47)43-24-10-5-19-38(43)39-20-6-11-25-44(39)62/h5-14,17-32,35-36H,15-16,33-34H2,1-4H3. The average molecular weight is 846 g/mol. The zero-order chi connectivity index (χ0) is 43.6. The van der Waals surface area contributed by atoms with Crippen molar-refractivity contribution in [3.8, 4) is 28.1 Å². The highest BCUT2D eigenvalue weighted by Crippen LogP contribution is 2.66. The van der Waals surface area contributed by atoms with Crippen LogP contribution < -0.4 is 26.2 Å². The zero-order valence-electron chi connectivity index (χ0n) is 37.9. The summed E-state index contributed by atoms with van der Waals surface area (Å²) in [5, 5.41) is 1.34. The van der Waals surface area contributed by atoms with E-state index in [4.69, 9.17) is 0 Å². The molecular formula is C62H48BN3. The highest BCUT2D eigenvalue weighted by atomic mass is 15.3. The first-order valence-corrected chi connectivity index (χ1v) is 24.4. The molecule has 8 aromatic carbocycles. The van der Waals surface area contributed by atoms with Crippen molar-refractivity contribution in [1.82, 2.24) is 4.57 Å². The molecule has 1 spiro atoms. The Labute approximate surface area is 387 Å². The molecule has 0 N–H and O–H groups in total. The number of benzene rings is 8. The lowest BCUT2D eigenvalue weighted by Gasteiger charge is -2.54. The molecule has 0 bridgehead atoms. The number of rotatable bonds is 1. The van der Waals surface area contributed by atoms with E-state index < -0.39 is 5.41 Å². The van der Waals surface area contributed by atoms with Crippen LogP contribution in [-0.4, -0.2) is 16.8 Å². The van der Waals surface area contributed by atoms with Crippen LogP contribution in [0.2, 0.25) is 0 Å². The Morgan fingerprint density at radius 3 is 1.85 bits per heavy atom. The molecule has 2 atom stereocenters. The Kier molecular flexibility index (Phi) is 6.40. The third-order valence-electron chi connectivity index (χ3n) is 18.5. The van der Waals surface area contributed by atoms with Crippen LogP contribution in [0.3, 0.4) is 0 Å². The monoisotopic (exact) mass is 845 g/mol. The summed E-state index contributed by atoms with van der Waals surface area (Å²) < 4.78 is 2.66. The summed E-state index contributed by atoms with van der Waals surface area (Å²) in [5.74, 6) is 0. The second kappa shape index (κ2) is 11.7. The van der Waals surface area contributed by atoms with Gasteiger partial charge in [0.2, 0.25) is 0 Å². The second-order valence-corrected chi connectivity index (χ2v) is 21.4. The Balaban J connectivity index is 1.08. The molecule has 1 saturated carbocycles. The summed E-state index contributed by atoms with van der Waals surface area (Å²) in [6.07, 6.45) is 4.88. The molecule has 3 aliphatic carbocycles. The van der Waals surface area contributed by atoms with Gasteiger partial charge < -0.3 is 14.4 Å². The number of anilines is 5. The molecule has 66 heavy (non-hydrogen) atoms. The van der Waals surface area contributed by atoms with Crippen molar-refractivity contribution >= 4 is 62.4 Å². The molecule has 314 valence electrons. The van der Waals surface area contributed by atoms with E-state index in [9.17, 15) is 0 Å². The summed E-state index contributed by atoms with van der Waals surface area (Å²) >= 11 is 0. The first-order valence-electron chi connectivity index (χ1n) is 24.4. The van der Waals surface area contributed by atoms with E-state index in [2.05, 4.69) is 212 Å². The van der Waals surface area contributed by atoms with Crippen LogP contribution in [0.5, 0.6) is 0 Å². The summed E-state index contributed by atoms with van der Waals surface area (Å²) in [6.45, 7) is 10.1. The van der Waals surface area contributed by atoms with Crippen molar-refractivity contribution in [1.29, 1.82) is 0 Å². The molecule has 0 radical (unpaired) electrons. The molecule has 7 aliphatic rings. The largest absolute Gasteiger partial charge is 0.335 e. The quantitative estimate of drug-likeness (QED) is 0.153. The van der Waals surface area contributed by atoms with Crippen molar-refractivity contribution < 1.29 is 0 Å². The maximum absolute atomic E-state index is 2.90. The van der Waals surface area contributed by atoms with Gasteiger partial charge in [0.05, 0.1) is 33.5 Å². The highest BCUT2D eigenvalue weighted by molar-refractivity contribution is 7.00. The predicted octanol–water partition coefficient (Wildman–Crippen LogP) is 13.0. The van der Waals surface area contributed by atoms with Gasteiger partial charge >= 0.3 is 0 Å². The lowest BCUT2D eigenvalue weighted by molar-refractivity contribution is 0.195. The molecule has 4 heteroatoms. The molecule has 0 saturated heterocycles. The van der Waals surface area contributed by atoms with Crippen LogP contribution in [0.4, 0.5) is 28.4 Å². The smallest absolute Gasteiger partial charge is 0.252 e. The van der Waals surface area contributed by atoms with Crippen LogP contribution >= 0.6 is 0 Å². The molecule has 0 amide bonds. The number of hydrogen-bond donors (Lipinski definition) is 0. The van der Waals surface area contributed by atoms with Crippen LogP contribution in [0.1, 0.15) is 92.3 Å². The van der Waals surface area contributed by atoms with Gasteiger partial charge in [0.25, 0.3) is 6.71 Å². The second-order valence-electron chi connectivity index (χ2n) is 21.4. The van der Waals surface area contributed by atoms with E-state index in [1.807, 2.05) is 0 Å². The molecule has 1 aromatic heterocycles. The van der Waals surface area contributed by atoms with Gasteiger partial charge in [-0.05, 0) is 110 Å². The van der Waals surface area contributed by atoms with E-state index >= 15 is 0 Å². The van der Waals surface area contributed by atoms with Crippen molar-refractivity contribution in [3.05, 3.63) is 209 Å². The highest BCUT2D eigenvalue weighted by Gasteiger charge is 2.62. The van der Waals surface area contributed by atoms with E-state index in [1.165, 1.54) is 148 Å². The lowest BCUT2D eigenvalue weighted by atomic mass is 9.33. The van der Waals surface area contributed by atoms with Crippen LogP contribution in [-0.2, 0) is 16.2 Å². The molecule has 16 rings (SSSR count). The van der Waals surface area contributed by atoms with E-state index in [0.717, 1.165) is 0 Å². The fourth-order valence-corrected chi connectivity index (χ4v) is 15.7. The first-order chi connectivity index (χ1) is 32.3. The van der Waals surface area contributed by atoms with E-state index in [0.29, 0.717) is 0 Å². The van der Waals surface area contributed by atoms with Gasteiger partial charge in [-0.1, -0.05) is 179 Å². The van der Waals surface area contributed by atoms with E-state index in [-0.39, 0.29) is 23.1 Å². The number of hydrogen-bond acceptors (Lipinski definition) is 2. The Morgan fingerprint density at radius 1 is 0.485 bits per heavy atom. The fraction of sp³-hybridized carbons (Fsp3) is 0.194. The van der Waals surface area contributed by atoms with Crippen molar-refractivity contribution in [2.24, 2.45) is 0 Å². The predicted molar refractivity (Wildman–Crippen MR) is 274 cm³/mol. The summed E-state index contributed by atoms with van der Waals surface area (Å²) in [5.41, 5.74) is 28.1. The van der Waals surface area contributed by atoms with Gasteiger partial charge in [0.1, 0.15) is 0 Å².